The summed E-state index contributed by atoms with van der Waals surface area (Å²) in [5.41, 5.74) is 0.995. The van der Waals surface area contributed by atoms with Gasteiger partial charge in [0.1, 0.15) is 5.75 Å². The molecular formula is C17H15BrO4. The van der Waals surface area contributed by atoms with E-state index in [4.69, 9.17) is 0 Å². The topological polar surface area (TPSA) is 74.6 Å². The highest BCUT2D eigenvalue weighted by molar-refractivity contribution is 9.10. The molecule has 0 spiro atoms. The molecule has 0 fully saturated rings. The van der Waals surface area contributed by atoms with Crippen LogP contribution < -0.4 is 0 Å². The van der Waals surface area contributed by atoms with E-state index >= 15 is 0 Å². The molecule has 114 valence electrons. The summed E-state index contributed by atoms with van der Waals surface area (Å²) in [6, 6.07) is 13.7. The summed E-state index contributed by atoms with van der Waals surface area (Å²) in [6.45, 7) is 0. The van der Waals surface area contributed by atoms with Crippen molar-refractivity contribution in [1.29, 1.82) is 0 Å². The summed E-state index contributed by atoms with van der Waals surface area (Å²) in [4.78, 5) is 23.7. The highest BCUT2D eigenvalue weighted by Crippen LogP contribution is 2.25. The Balaban J connectivity index is 2.15. The van der Waals surface area contributed by atoms with Crippen LogP contribution in [0.3, 0.4) is 0 Å². The Kier molecular flexibility index (Phi) is 5.33. The monoisotopic (exact) mass is 362 g/mol. The number of ketones is 1. The van der Waals surface area contributed by atoms with E-state index in [0.717, 1.165) is 5.56 Å². The Hall–Kier alpha value is -2.14. The molecule has 0 aliphatic rings. The van der Waals surface area contributed by atoms with Gasteiger partial charge in [-0.1, -0.05) is 46.3 Å². The van der Waals surface area contributed by atoms with Gasteiger partial charge in [0.15, 0.2) is 5.78 Å². The molecule has 0 heterocycles. The maximum Gasteiger partial charge on any atom is 0.307 e. The lowest BCUT2D eigenvalue weighted by atomic mass is 9.92. The highest BCUT2D eigenvalue weighted by Gasteiger charge is 2.24. The number of phenolic OH excluding ortho intramolecular Hbond substituents is 1. The standard InChI is InChI=1S/C17H15BrO4/c18-13-6-7-15(19)14(10-13)16(20)9-12(17(21)22)8-11-4-2-1-3-5-11/h1-7,10,12,19H,8-9H2,(H,21,22)/t12-/m1/s1. The molecule has 0 radical (unpaired) electrons. The predicted molar refractivity (Wildman–Crippen MR) is 86.0 cm³/mol. The van der Waals surface area contributed by atoms with Gasteiger partial charge in [0.05, 0.1) is 11.5 Å². The third kappa shape index (κ3) is 4.18. The van der Waals surface area contributed by atoms with E-state index in [0.29, 0.717) is 4.47 Å². The Morgan fingerprint density at radius 1 is 1.09 bits per heavy atom. The second kappa shape index (κ2) is 7.22. The molecule has 2 aromatic carbocycles. The third-order valence-electron chi connectivity index (χ3n) is 3.36. The zero-order valence-corrected chi connectivity index (χ0v) is 13.3. The number of benzene rings is 2. The fraction of sp³-hybridized carbons (Fsp3) is 0.176. The van der Waals surface area contributed by atoms with Gasteiger partial charge < -0.3 is 10.2 Å². The number of aromatic hydroxyl groups is 1. The number of carbonyl (C=O) groups excluding carboxylic acids is 1. The first-order valence-electron chi connectivity index (χ1n) is 6.76. The number of rotatable bonds is 6. The largest absolute Gasteiger partial charge is 0.507 e. The summed E-state index contributed by atoms with van der Waals surface area (Å²) in [7, 11) is 0. The van der Waals surface area contributed by atoms with Gasteiger partial charge in [-0.05, 0) is 30.2 Å². The molecule has 0 bridgehead atoms. The van der Waals surface area contributed by atoms with E-state index in [1.165, 1.54) is 12.1 Å². The normalized spacial score (nSPS) is 11.9. The molecule has 0 aliphatic carbocycles. The lowest BCUT2D eigenvalue weighted by molar-refractivity contribution is -0.141. The average molecular weight is 363 g/mol. The van der Waals surface area contributed by atoms with Crippen LogP contribution in [0.25, 0.3) is 0 Å². The summed E-state index contributed by atoms with van der Waals surface area (Å²) < 4.78 is 0.656. The van der Waals surface area contributed by atoms with E-state index < -0.39 is 11.9 Å². The number of Topliss-reactive ketones (excluding diaryl/α,β-unsaturated/α-hetero) is 1. The summed E-state index contributed by atoms with van der Waals surface area (Å²) >= 11 is 3.23. The molecular weight excluding hydrogens is 348 g/mol. The van der Waals surface area contributed by atoms with Gasteiger partial charge in [-0.15, -0.1) is 0 Å². The van der Waals surface area contributed by atoms with Crippen molar-refractivity contribution in [2.24, 2.45) is 5.92 Å². The lowest BCUT2D eigenvalue weighted by Gasteiger charge is -2.12. The van der Waals surface area contributed by atoms with E-state index in [9.17, 15) is 19.8 Å². The number of aliphatic carboxylic acids is 1. The predicted octanol–water partition coefficient (Wildman–Crippen LogP) is 3.67. The van der Waals surface area contributed by atoms with Crippen molar-refractivity contribution in [2.45, 2.75) is 12.8 Å². The van der Waals surface area contributed by atoms with Crippen LogP contribution in [0.1, 0.15) is 22.3 Å². The SMILES string of the molecule is O=C(C[C@@H](Cc1ccccc1)C(=O)O)c1cc(Br)ccc1O. The first kappa shape index (κ1) is 16.2. The van der Waals surface area contributed by atoms with Crippen LogP contribution >= 0.6 is 15.9 Å². The van der Waals surface area contributed by atoms with Crippen LogP contribution in [-0.2, 0) is 11.2 Å². The van der Waals surface area contributed by atoms with Gasteiger partial charge in [-0.3, -0.25) is 9.59 Å². The van der Waals surface area contributed by atoms with Crippen molar-refractivity contribution in [3.8, 4) is 5.75 Å². The molecule has 0 aromatic heterocycles. The molecule has 2 N–H and O–H groups in total. The number of hydrogen-bond acceptors (Lipinski definition) is 3. The van der Waals surface area contributed by atoms with Crippen LogP contribution in [-0.4, -0.2) is 22.0 Å². The van der Waals surface area contributed by atoms with Crippen LogP contribution in [0.5, 0.6) is 5.75 Å². The average Bonchev–Trinajstić information content (AvgIpc) is 2.50. The second-order valence-electron chi connectivity index (χ2n) is 5.01. The van der Waals surface area contributed by atoms with Gasteiger partial charge in [0.25, 0.3) is 0 Å². The molecule has 4 nitrogen and oxygen atoms in total. The van der Waals surface area contributed by atoms with Gasteiger partial charge in [-0.2, -0.15) is 0 Å². The van der Waals surface area contributed by atoms with E-state index in [1.807, 2.05) is 30.3 Å². The Morgan fingerprint density at radius 3 is 2.41 bits per heavy atom. The molecule has 0 amide bonds. The molecule has 0 saturated heterocycles. The number of hydrogen-bond donors (Lipinski definition) is 2. The van der Waals surface area contributed by atoms with E-state index in [2.05, 4.69) is 15.9 Å². The van der Waals surface area contributed by atoms with Crippen molar-refractivity contribution in [1.82, 2.24) is 0 Å². The number of carboxylic acids is 1. The first-order chi connectivity index (χ1) is 10.5. The molecule has 0 saturated carbocycles. The van der Waals surface area contributed by atoms with Crippen molar-refractivity contribution in [2.75, 3.05) is 0 Å². The number of halogens is 1. The Morgan fingerprint density at radius 2 is 1.77 bits per heavy atom. The Bertz CT molecular complexity index is 682. The maximum absolute atomic E-state index is 12.3. The second-order valence-corrected chi connectivity index (χ2v) is 5.93. The fourth-order valence-electron chi connectivity index (χ4n) is 2.21. The van der Waals surface area contributed by atoms with Crippen molar-refractivity contribution >= 4 is 27.7 Å². The van der Waals surface area contributed by atoms with E-state index in [1.54, 1.807) is 6.07 Å². The minimum Gasteiger partial charge on any atom is -0.507 e. The Labute approximate surface area is 136 Å². The van der Waals surface area contributed by atoms with Crippen molar-refractivity contribution < 1.29 is 19.8 Å². The van der Waals surface area contributed by atoms with Crippen LogP contribution in [0.4, 0.5) is 0 Å². The van der Waals surface area contributed by atoms with Gasteiger partial charge in [0, 0.05) is 10.9 Å². The van der Waals surface area contributed by atoms with Crippen LogP contribution in [0.15, 0.2) is 53.0 Å². The maximum atomic E-state index is 12.3. The summed E-state index contributed by atoms with van der Waals surface area (Å²) in [5, 5.41) is 19.1. The molecule has 0 unspecified atom stereocenters. The number of phenols is 1. The van der Waals surface area contributed by atoms with Crippen molar-refractivity contribution in [3.05, 3.63) is 64.1 Å². The highest BCUT2D eigenvalue weighted by atomic mass is 79.9. The van der Waals surface area contributed by atoms with Crippen LogP contribution in [0, 0.1) is 5.92 Å². The fourth-order valence-corrected chi connectivity index (χ4v) is 2.57. The van der Waals surface area contributed by atoms with Gasteiger partial charge in [0.2, 0.25) is 0 Å². The number of carboxylic acid groups (broad SMARTS) is 1. The van der Waals surface area contributed by atoms with Gasteiger partial charge in [-0.25, -0.2) is 0 Å². The zero-order valence-electron chi connectivity index (χ0n) is 11.7. The third-order valence-corrected chi connectivity index (χ3v) is 3.86. The summed E-state index contributed by atoms with van der Waals surface area (Å²) in [5.74, 6) is -2.38. The molecule has 0 aliphatic heterocycles. The smallest absolute Gasteiger partial charge is 0.307 e. The quantitative estimate of drug-likeness (QED) is 0.768. The minimum atomic E-state index is -1.02. The molecule has 22 heavy (non-hydrogen) atoms. The van der Waals surface area contributed by atoms with Crippen LogP contribution in [0.2, 0.25) is 0 Å². The molecule has 5 heteroatoms. The number of carbonyl (C=O) groups is 2. The zero-order chi connectivity index (χ0) is 16.1. The first-order valence-corrected chi connectivity index (χ1v) is 7.55. The molecule has 2 aromatic rings. The lowest BCUT2D eigenvalue weighted by Crippen LogP contribution is -2.20. The molecule has 1 atom stereocenters. The summed E-state index contributed by atoms with van der Waals surface area (Å²) in [6.07, 6.45) is 0.116. The van der Waals surface area contributed by atoms with Gasteiger partial charge >= 0.3 is 5.97 Å². The van der Waals surface area contributed by atoms with Crippen molar-refractivity contribution in [3.63, 3.8) is 0 Å². The minimum absolute atomic E-state index is 0.133. The molecule has 2 rings (SSSR count). The van der Waals surface area contributed by atoms with E-state index in [-0.39, 0.29) is 29.9 Å².